The van der Waals surface area contributed by atoms with Crippen molar-refractivity contribution < 1.29 is 52.6 Å². The number of phosphoric ester groups is 1. The molecule has 5 atom stereocenters. The molecule has 0 aliphatic carbocycles. The fourth-order valence-corrected chi connectivity index (χ4v) is 2.84. The summed E-state index contributed by atoms with van der Waals surface area (Å²) in [6, 6.07) is 0. The number of aliphatic hydroxyl groups is 3. The summed E-state index contributed by atoms with van der Waals surface area (Å²) in [5.41, 5.74) is 0. The normalized spacial score (nSPS) is 19.0. The van der Waals surface area contributed by atoms with E-state index in [0.717, 1.165) is 13.8 Å². The Balaban J connectivity index is 5.21. The van der Waals surface area contributed by atoms with Crippen molar-refractivity contribution in [2.75, 3.05) is 47.5 Å². The van der Waals surface area contributed by atoms with Crippen molar-refractivity contribution in [1.29, 1.82) is 0 Å². The first-order valence-electron chi connectivity index (χ1n) is 8.24. The Morgan fingerprint density at radius 2 is 1.59 bits per heavy atom. The smallest absolute Gasteiger partial charge is 0.268 e. The van der Waals surface area contributed by atoms with Gasteiger partial charge in [-0.15, -0.1) is 0 Å². The molecular weight excluding hydrogens is 385 g/mol. The Kier molecular flexibility index (Phi) is 11.0. The third-order valence-corrected chi connectivity index (χ3v) is 4.45. The van der Waals surface area contributed by atoms with E-state index in [1.54, 1.807) is 0 Å². The second-order valence-corrected chi connectivity index (χ2v) is 8.43. The number of ether oxygens (including phenoxy) is 1. The molecule has 0 aromatic carbocycles. The summed E-state index contributed by atoms with van der Waals surface area (Å²) in [6.07, 6.45) is -6.62. The van der Waals surface area contributed by atoms with Crippen LogP contribution in [0.5, 0.6) is 0 Å². The summed E-state index contributed by atoms with van der Waals surface area (Å²) in [5, 5.41) is 28.1. The van der Waals surface area contributed by atoms with E-state index in [2.05, 4.69) is 0 Å². The van der Waals surface area contributed by atoms with Crippen LogP contribution in [0, 0.1) is 0 Å². The van der Waals surface area contributed by atoms with Gasteiger partial charge in [-0.3, -0.25) is 14.2 Å². The van der Waals surface area contributed by atoms with E-state index in [1.165, 1.54) is 0 Å². The van der Waals surface area contributed by atoms with E-state index < -0.39 is 57.0 Å². The number of ketones is 2. The third kappa shape index (κ3) is 10.4. The molecule has 0 radical (unpaired) electrons. The van der Waals surface area contributed by atoms with Crippen LogP contribution in [0.2, 0.25) is 0 Å². The van der Waals surface area contributed by atoms with Gasteiger partial charge >= 0.3 is 0 Å². The van der Waals surface area contributed by atoms with Crippen molar-refractivity contribution in [3.05, 3.63) is 0 Å². The number of aliphatic hydroxyl groups excluding tert-OH is 3. The standard InChI is InChI=1S/C15H30NO10P/c1-10(19)14(12(21)8-17)25-15(11(2)20)13(9-18)26-27(22,23)24-7-6-16(3,4)5/h12-15,17-18,21H,6-9H2,1-5H3. The van der Waals surface area contributed by atoms with Gasteiger partial charge in [-0.25, -0.2) is 0 Å². The van der Waals surface area contributed by atoms with Crippen LogP contribution in [0.15, 0.2) is 0 Å². The highest BCUT2D eigenvalue weighted by Crippen LogP contribution is 2.40. The van der Waals surface area contributed by atoms with Crippen molar-refractivity contribution in [1.82, 2.24) is 0 Å². The maximum absolute atomic E-state index is 12.0. The van der Waals surface area contributed by atoms with Crippen LogP contribution in [0.3, 0.4) is 0 Å². The largest absolute Gasteiger partial charge is 0.756 e. The molecule has 11 nitrogen and oxygen atoms in total. The number of phosphoric acid groups is 1. The van der Waals surface area contributed by atoms with Gasteiger partial charge in [0.05, 0.1) is 34.4 Å². The molecule has 5 unspecified atom stereocenters. The Bertz CT molecular complexity index is 535. The first-order valence-corrected chi connectivity index (χ1v) is 9.70. The lowest BCUT2D eigenvalue weighted by atomic mass is 10.1. The van der Waals surface area contributed by atoms with Crippen molar-refractivity contribution in [2.24, 2.45) is 0 Å². The minimum atomic E-state index is -4.89. The van der Waals surface area contributed by atoms with Gasteiger partial charge in [0.1, 0.15) is 37.6 Å². The van der Waals surface area contributed by atoms with E-state index in [0.29, 0.717) is 11.0 Å². The number of rotatable bonds is 14. The second kappa shape index (κ2) is 11.3. The molecule has 0 aromatic heterocycles. The number of nitrogens with zero attached hydrogens (tertiary/aromatic N) is 1. The fourth-order valence-electron chi connectivity index (χ4n) is 1.96. The number of quaternary nitrogens is 1. The Hall–Kier alpha value is -0.750. The van der Waals surface area contributed by atoms with Crippen LogP contribution in [0.25, 0.3) is 0 Å². The highest BCUT2D eigenvalue weighted by molar-refractivity contribution is 7.45. The lowest BCUT2D eigenvalue weighted by Gasteiger charge is -2.33. The molecule has 0 heterocycles. The maximum Gasteiger partial charge on any atom is 0.268 e. The molecule has 12 heteroatoms. The molecule has 0 amide bonds. The molecular formula is C15H30NO10P. The Morgan fingerprint density at radius 3 is 1.96 bits per heavy atom. The average Bonchev–Trinajstić information content (AvgIpc) is 2.51. The predicted molar refractivity (Wildman–Crippen MR) is 91.5 cm³/mol. The zero-order valence-electron chi connectivity index (χ0n) is 16.2. The predicted octanol–water partition coefficient (Wildman–Crippen LogP) is -2.16. The van der Waals surface area contributed by atoms with Crippen molar-refractivity contribution in [3.8, 4) is 0 Å². The van der Waals surface area contributed by atoms with E-state index in [9.17, 15) is 29.3 Å². The molecule has 0 fully saturated rings. The summed E-state index contributed by atoms with van der Waals surface area (Å²) < 4.78 is 27.0. The van der Waals surface area contributed by atoms with Crippen molar-refractivity contribution in [2.45, 2.75) is 38.3 Å². The molecule has 0 spiro atoms. The molecule has 0 saturated heterocycles. The number of carbonyl (C=O) groups is 2. The number of carbonyl (C=O) groups excluding carboxylic acids is 2. The summed E-state index contributed by atoms with van der Waals surface area (Å²) in [6.45, 7) is 0.492. The van der Waals surface area contributed by atoms with Gasteiger partial charge < -0.3 is 38.5 Å². The van der Waals surface area contributed by atoms with Gasteiger partial charge in [-0.1, -0.05) is 0 Å². The van der Waals surface area contributed by atoms with Gasteiger partial charge in [0.15, 0.2) is 11.6 Å². The van der Waals surface area contributed by atoms with Crippen molar-refractivity contribution in [3.63, 3.8) is 0 Å². The SMILES string of the molecule is CC(=O)C(OC(C(C)=O)C(CO)OP(=O)([O-])OCC[N+](C)(C)C)C(O)CO. The number of likely N-dealkylation sites (N-methyl/N-ethyl adjacent to an activating group) is 1. The highest BCUT2D eigenvalue weighted by atomic mass is 31.2. The monoisotopic (exact) mass is 415 g/mol. The summed E-state index contributed by atoms with van der Waals surface area (Å²) in [7, 11) is 0.580. The summed E-state index contributed by atoms with van der Waals surface area (Å²) in [5.74, 6) is -1.46. The molecule has 0 saturated carbocycles. The quantitative estimate of drug-likeness (QED) is 0.210. The topological polar surface area (TPSA) is 163 Å². The third-order valence-electron chi connectivity index (χ3n) is 3.42. The van der Waals surface area contributed by atoms with Crippen LogP contribution in [0.4, 0.5) is 0 Å². The molecule has 27 heavy (non-hydrogen) atoms. The Morgan fingerprint density at radius 1 is 1.07 bits per heavy atom. The van der Waals surface area contributed by atoms with Crippen LogP contribution in [-0.2, 0) is 27.9 Å². The van der Waals surface area contributed by atoms with E-state index in [-0.39, 0.29) is 6.61 Å². The first kappa shape index (κ1) is 26.2. The Labute approximate surface area is 158 Å². The van der Waals surface area contributed by atoms with E-state index >= 15 is 0 Å². The molecule has 0 aliphatic heterocycles. The number of Topliss-reactive ketones (excluding diaryl/α,β-unsaturated/α-hetero) is 2. The lowest BCUT2D eigenvalue weighted by Crippen LogP contribution is -2.48. The first-order chi connectivity index (χ1) is 12.2. The highest BCUT2D eigenvalue weighted by Gasteiger charge is 2.36. The molecule has 0 aromatic rings. The number of hydrogen-bond donors (Lipinski definition) is 3. The van der Waals surface area contributed by atoms with Crippen LogP contribution < -0.4 is 4.89 Å². The van der Waals surface area contributed by atoms with Crippen molar-refractivity contribution >= 4 is 19.4 Å². The summed E-state index contributed by atoms with van der Waals surface area (Å²) >= 11 is 0. The fraction of sp³-hybridized carbons (Fsp3) is 0.867. The lowest BCUT2D eigenvalue weighted by molar-refractivity contribution is -0.870. The van der Waals surface area contributed by atoms with Gasteiger partial charge in [0.25, 0.3) is 7.82 Å². The molecule has 0 aliphatic rings. The van der Waals surface area contributed by atoms with Crippen LogP contribution in [0.1, 0.15) is 13.8 Å². The summed E-state index contributed by atoms with van der Waals surface area (Å²) in [4.78, 5) is 35.4. The van der Waals surface area contributed by atoms with Gasteiger partial charge in [-0.2, -0.15) is 0 Å². The minimum absolute atomic E-state index is 0.187. The molecule has 0 bridgehead atoms. The molecule has 0 rings (SSSR count). The van der Waals surface area contributed by atoms with Crippen LogP contribution in [-0.4, -0.2) is 103 Å². The van der Waals surface area contributed by atoms with E-state index in [1.807, 2.05) is 21.1 Å². The average molecular weight is 415 g/mol. The maximum atomic E-state index is 12.0. The second-order valence-electron chi connectivity index (χ2n) is 7.07. The zero-order chi connectivity index (χ0) is 21.4. The van der Waals surface area contributed by atoms with Crippen LogP contribution >= 0.6 is 7.82 Å². The zero-order valence-corrected chi connectivity index (χ0v) is 17.1. The minimum Gasteiger partial charge on any atom is -0.756 e. The number of hydrogen-bond acceptors (Lipinski definition) is 10. The van der Waals surface area contributed by atoms with Gasteiger partial charge in [-0.05, 0) is 13.8 Å². The molecule has 160 valence electrons. The van der Waals surface area contributed by atoms with E-state index in [4.69, 9.17) is 18.9 Å². The van der Waals surface area contributed by atoms with Gasteiger partial charge in [0, 0.05) is 0 Å². The van der Waals surface area contributed by atoms with Gasteiger partial charge in [0.2, 0.25) is 0 Å². The molecule has 3 N–H and O–H groups in total.